The predicted octanol–water partition coefficient (Wildman–Crippen LogP) is -0.678. The van der Waals surface area contributed by atoms with E-state index < -0.39 is 0 Å². The zero-order valence-electron chi connectivity index (χ0n) is 8.28. The molecule has 2 unspecified atom stereocenters. The normalized spacial score (nSPS) is 32.2. The standard InChI is InChI=1S/C10H17N3O/c11-9-2-1-8(7-9)10(14)13-5-3-12-4-6-13/h1-2,8-9,12H,3-7,11H2. The fraction of sp³-hybridized carbons (Fsp3) is 0.700. The summed E-state index contributed by atoms with van der Waals surface area (Å²) in [6.45, 7) is 3.49. The number of hydrogen-bond donors (Lipinski definition) is 2. The van der Waals surface area contributed by atoms with Crippen molar-refractivity contribution in [2.45, 2.75) is 12.5 Å². The van der Waals surface area contributed by atoms with Crippen molar-refractivity contribution in [1.82, 2.24) is 10.2 Å². The summed E-state index contributed by atoms with van der Waals surface area (Å²) in [5, 5.41) is 3.23. The van der Waals surface area contributed by atoms with Gasteiger partial charge in [0.2, 0.25) is 5.91 Å². The summed E-state index contributed by atoms with van der Waals surface area (Å²) in [5.74, 6) is 0.277. The monoisotopic (exact) mass is 195 g/mol. The van der Waals surface area contributed by atoms with Crippen molar-refractivity contribution < 1.29 is 4.79 Å². The second-order valence-corrected chi connectivity index (χ2v) is 3.97. The Morgan fingerprint density at radius 1 is 1.36 bits per heavy atom. The molecule has 2 atom stereocenters. The van der Waals surface area contributed by atoms with E-state index >= 15 is 0 Å². The van der Waals surface area contributed by atoms with Gasteiger partial charge in [-0.1, -0.05) is 12.2 Å². The molecule has 1 fully saturated rings. The van der Waals surface area contributed by atoms with Crippen molar-refractivity contribution in [2.75, 3.05) is 26.2 Å². The molecule has 78 valence electrons. The van der Waals surface area contributed by atoms with Crippen LogP contribution in [0.2, 0.25) is 0 Å². The number of piperazine rings is 1. The number of hydrogen-bond acceptors (Lipinski definition) is 3. The van der Waals surface area contributed by atoms with Gasteiger partial charge in [0.1, 0.15) is 0 Å². The number of rotatable bonds is 1. The molecular weight excluding hydrogens is 178 g/mol. The van der Waals surface area contributed by atoms with Gasteiger partial charge in [0.15, 0.2) is 0 Å². The Balaban J connectivity index is 1.91. The Morgan fingerprint density at radius 3 is 2.64 bits per heavy atom. The lowest BCUT2D eigenvalue weighted by Crippen LogP contribution is -2.48. The van der Waals surface area contributed by atoms with Crippen LogP contribution in [-0.4, -0.2) is 43.0 Å². The molecule has 4 heteroatoms. The van der Waals surface area contributed by atoms with Crippen molar-refractivity contribution in [2.24, 2.45) is 11.7 Å². The Morgan fingerprint density at radius 2 is 2.07 bits per heavy atom. The van der Waals surface area contributed by atoms with Crippen LogP contribution in [0.1, 0.15) is 6.42 Å². The van der Waals surface area contributed by atoms with Gasteiger partial charge in [-0.15, -0.1) is 0 Å². The Kier molecular flexibility index (Phi) is 2.84. The lowest BCUT2D eigenvalue weighted by molar-refractivity contribution is -0.134. The van der Waals surface area contributed by atoms with E-state index in [1.807, 2.05) is 17.1 Å². The molecule has 1 amide bonds. The summed E-state index contributed by atoms with van der Waals surface area (Å²) < 4.78 is 0. The van der Waals surface area contributed by atoms with Gasteiger partial charge in [-0.25, -0.2) is 0 Å². The van der Waals surface area contributed by atoms with E-state index in [9.17, 15) is 4.79 Å². The Bertz CT molecular complexity index is 246. The van der Waals surface area contributed by atoms with E-state index in [1.54, 1.807) is 0 Å². The minimum absolute atomic E-state index is 0.0306. The predicted molar refractivity (Wildman–Crippen MR) is 54.7 cm³/mol. The smallest absolute Gasteiger partial charge is 0.229 e. The van der Waals surface area contributed by atoms with Crippen LogP contribution in [0.15, 0.2) is 12.2 Å². The summed E-state index contributed by atoms with van der Waals surface area (Å²) in [4.78, 5) is 13.9. The quantitative estimate of drug-likeness (QED) is 0.545. The van der Waals surface area contributed by atoms with Gasteiger partial charge in [-0.05, 0) is 6.42 Å². The number of carbonyl (C=O) groups excluding carboxylic acids is 1. The molecule has 2 aliphatic rings. The second-order valence-electron chi connectivity index (χ2n) is 3.97. The highest BCUT2D eigenvalue weighted by molar-refractivity contribution is 5.81. The first-order valence-corrected chi connectivity index (χ1v) is 5.21. The molecule has 0 saturated carbocycles. The van der Waals surface area contributed by atoms with E-state index in [0.717, 1.165) is 32.6 Å². The largest absolute Gasteiger partial charge is 0.340 e. The van der Waals surface area contributed by atoms with Crippen LogP contribution < -0.4 is 11.1 Å². The fourth-order valence-electron chi connectivity index (χ4n) is 2.03. The third kappa shape index (κ3) is 1.96. The molecule has 4 nitrogen and oxygen atoms in total. The number of amides is 1. The fourth-order valence-corrected chi connectivity index (χ4v) is 2.03. The highest BCUT2D eigenvalue weighted by atomic mass is 16.2. The van der Waals surface area contributed by atoms with Crippen LogP contribution in [0.25, 0.3) is 0 Å². The number of nitrogens with one attached hydrogen (secondary N) is 1. The zero-order chi connectivity index (χ0) is 9.97. The molecule has 3 N–H and O–H groups in total. The molecule has 0 aromatic heterocycles. The lowest BCUT2D eigenvalue weighted by atomic mass is 10.1. The molecule has 14 heavy (non-hydrogen) atoms. The van der Waals surface area contributed by atoms with E-state index in [-0.39, 0.29) is 17.9 Å². The van der Waals surface area contributed by atoms with Crippen molar-refractivity contribution in [3.8, 4) is 0 Å². The summed E-state index contributed by atoms with van der Waals surface area (Å²) in [5.41, 5.74) is 5.72. The summed E-state index contributed by atoms with van der Waals surface area (Å²) >= 11 is 0. The molecule has 1 aliphatic carbocycles. The van der Waals surface area contributed by atoms with E-state index in [2.05, 4.69) is 5.32 Å². The minimum Gasteiger partial charge on any atom is -0.340 e. The van der Waals surface area contributed by atoms with Crippen molar-refractivity contribution in [3.63, 3.8) is 0 Å². The van der Waals surface area contributed by atoms with Crippen LogP contribution in [0.3, 0.4) is 0 Å². The van der Waals surface area contributed by atoms with Crippen LogP contribution in [0.5, 0.6) is 0 Å². The van der Waals surface area contributed by atoms with Crippen molar-refractivity contribution >= 4 is 5.91 Å². The third-order valence-corrected chi connectivity index (χ3v) is 2.86. The summed E-state index contributed by atoms with van der Waals surface area (Å²) in [6, 6.07) is 0.0758. The van der Waals surface area contributed by atoms with Crippen LogP contribution in [0, 0.1) is 5.92 Å². The average Bonchev–Trinajstić information content (AvgIpc) is 2.65. The van der Waals surface area contributed by atoms with Crippen molar-refractivity contribution in [3.05, 3.63) is 12.2 Å². The summed E-state index contributed by atoms with van der Waals surface area (Å²) in [7, 11) is 0. The van der Waals surface area contributed by atoms with Crippen molar-refractivity contribution in [1.29, 1.82) is 0 Å². The molecule has 0 bridgehead atoms. The second kappa shape index (κ2) is 4.11. The topological polar surface area (TPSA) is 58.4 Å². The molecule has 0 spiro atoms. The lowest BCUT2D eigenvalue weighted by Gasteiger charge is -2.29. The van der Waals surface area contributed by atoms with Gasteiger partial charge in [0.25, 0.3) is 0 Å². The van der Waals surface area contributed by atoms with E-state index in [0.29, 0.717) is 0 Å². The van der Waals surface area contributed by atoms with Crippen LogP contribution >= 0.6 is 0 Å². The van der Waals surface area contributed by atoms with Gasteiger partial charge in [0, 0.05) is 32.2 Å². The zero-order valence-corrected chi connectivity index (χ0v) is 8.28. The number of nitrogens with two attached hydrogens (primary N) is 1. The van der Waals surface area contributed by atoms with Gasteiger partial charge in [-0.3, -0.25) is 4.79 Å². The van der Waals surface area contributed by atoms with Crippen LogP contribution in [-0.2, 0) is 4.79 Å². The third-order valence-electron chi connectivity index (χ3n) is 2.86. The SMILES string of the molecule is NC1C=CC(C(=O)N2CCNCC2)C1. The molecule has 1 heterocycles. The molecule has 1 saturated heterocycles. The first-order chi connectivity index (χ1) is 6.77. The molecule has 1 aliphatic heterocycles. The maximum absolute atomic E-state index is 11.9. The highest BCUT2D eigenvalue weighted by Crippen LogP contribution is 2.19. The molecular formula is C10H17N3O. The number of carbonyl (C=O) groups is 1. The average molecular weight is 195 g/mol. The molecule has 0 aromatic carbocycles. The first kappa shape index (κ1) is 9.68. The van der Waals surface area contributed by atoms with Gasteiger partial charge in [-0.2, -0.15) is 0 Å². The summed E-state index contributed by atoms with van der Waals surface area (Å²) in [6.07, 6.45) is 4.67. The Labute approximate surface area is 84.1 Å². The molecule has 0 radical (unpaired) electrons. The van der Waals surface area contributed by atoms with Crippen LogP contribution in [0.4, 0.5) is 0 Å². The first-order valence-electron chi connectivity index (χ1n) is 5.21. The Hall–Kier alpha value is -0.870. The van der Waals surface area contributed by atoms with Gasteiger partial charge in [0.05, 0.1) is 5.92 Å². The van der Waals surface area contributed by atoms with E-state index in [1.165, 1.54) is 0 Å². The molecule has 0 aromatic rings. The number of nitrogens with zero attached hydrogens (tertiary/aromatic N) is 1. The minimum atomic E-state index is 0.0306. The van der Waals surface area contributed by atoms with E-state index in [4.69, 9.17) is 5.73 Å². The maximum atomic E-state index is 11.9. The van der Waals surface area contributed by atoms with Gasteiger partial charge >= 0.3 is 0 Å². The van der Waals surface area contributed by atoms with Gasteiger partial charge < -0.3 is 16.0 Å². The highest BCUT2D eigenvalue weighted by Gasteiger charge is 2.27. The molecule has 2 rings (SSSR count). The maximum Gasteiger partial charge on any atom is 0.229 e.